The van der Waals surface area contributed by atoms with Crippen LogP contribution in [0.15, 0.2) is 182 Å². The first kappa shape index (κ1) is 27.6. The van der Waals surface area contributed by atoms with E-state index in [4.69, 9.17) is 0 Å². The van der Waals surface area contributed by atoms with Gasteiger partial charge in [0.05, 0.1) is 0 Å². The molecule has 0 amide bonds. The van der Waals surface area contributed by atoms with Gasteiger partial charge in [-0.1, -0.05) is 0 Å². The fourth-order valence-electron chi connectivity index (χ4n) is 4.75. The van der Waals surface area contributed by atoms with Crippen molar-refractivity contribution in [2.75, 3.05) is 0 Å². The molecule has 0 unspecified atom stereocenters. The van der Waals surface area contributed by atoms with Gasteiger partial charge in [0.1, 0.15) is 0 Å². The van der Waals surface area contributed by atoms with Crippen molar-refractivity contribution in [3.05, 3.63) is 182 Å². The average molecular weight is 718 g/mol. The summed E-state index contributed by atoms with van der Waals surface area (Å²) in [6, 6.07) is 69.5. The standard InChI is InChI=1S/C36H30As3P/c1-7-19-31(20-8-1)37(32-21-9-2-10-22-32)40(38(33-23-11-3-12-24-33)34-25-13-4-14-26-34)39(35-27-15-5-16-28-35)36-29-17-6-18-30-36/h1-30H. The zero-order valence-corrected chi connectivity index (χ0v) is 28.6. The summed E-state index contributed by atoms with van der Waals surface area (Å²) in [4.78, 5) is 0. The Morgan fingerprint density at radius 3 is 0.525 bits per heavy atom. The average Bonchev–Trinajstić information content (AvgIpc) is 3.04. The topological polar surface area (TPSA) is 0 Å². The van der Waals surface area contributed by atoms with Crippen LogP contribution in [0.5, 0.6) is 0 Å². The number of benzene rings is 6. The van der Waals surface area contributed by atoms with Gasteiger partial charge in [0.2, 0.25) is 0 Å². The van der Waals surface area contributed by atoms with E-state index in [0.29, 0.717) is 0 Å². The van der Waals surface area contributed by atoms with Crippen molar-refractivity contribution in [2.45, 2.75) is 0 Å². The summed E-state index contributed by atoms with van der Waals surface area (Å²) >= 11 is -5.30. The minimum atomic E-state index is -1.77. The van der Waals surface area contributed by atoms with Crippen LogP contribution >= 0.6 is 3.60 Å². The van der Waals surface area contributed by atoms with Crippen LogP contribution in [-0.4, -0.2) is 42.6 Å². The van der Waals surface area contributed by atoms with E-state index < -0.39 is 42.6 Å². The molecule has 194 valence electrons. The molecule has 4 heteroatoms. The molecule has 0 radical (unpaired) electrons. The Hall–Kier alpha value is -2.57. The quantitative estimate of drug-likeness (QED) is 0.148. The van der Waals surface area contributed by atoms with Crippen molar-refractivity contribution in [3.63, 3.8) is 0 Å². The molecule has 0 spiro atoms. The van der Waals surface area contributed by atoms with E-state index in [9.17, 15) is 0 Å². The van der Waals surface area contributed by atoms with Crippen molar-refractivity contribution >= 4 is 72.3 Å². The van der Waals surface area contributed by atoms with Crippen molar-refractivity contribution in [2.24, 2.45) is 0 Å². The first-order chi connectivity index (χ1) is 19.9. The Kier molecular flexibility index (Phi) is 9.56. The Morgan fingerprint density at radius 2 is 0.375 bits per heavy atom. The number of rotatable bonds is 9. The normalized spacial score (nSPS) is 11.4. The third-order valence-corrected chi connectivity index (χ3v) is 66.6. The van der Waals surface area contributed by atoms with Gasteiger partial charge in [-0.25, -0.2) is 0 Å². The predicted molar refractivity (Wildman–Crippen MR) is 181 cm³/mol. The molecule has 0 N–H and O–H groups in total. The maximum atomic E-state index is 2.44. The summed E-state index contributed by atoms with van der Waals surface area (Å²) in [5.74, 6) is 0. The second-order valence-corrected chi connectivity index (χ2v) is 47.3. The van der Waals surface area contributed by atoms with Crippen LogP contribution in [0.4, 0.5) is 0 Å². The van der Waals surface area contributed by atoms with Crippen molar-refractivity contribution in [3.8, 4) is 0 Å². The zero-order valence-electron chi connectivity index (χ0n) is 22.1. The van der Waals surface area contributed by atoms with Gasteiger partial charge >= 0.3 is 254 Å². The van der Waals surface area contributed by atoms with Gasteiger partial charge in [0.15, 0.2) is 0 Å². The van der Waals surface area contributed by atoms with Crippen LogP contribution in [0.25, 0.3) is 0 Å². The monoisotopic (exact) mass is 718 g/mol. The van der Waals surface area contributed by atoms with Crippen molar-refractivity contribution in [1.29, 1.82) is 0 Å². The number of hydrogen-bond donors (Lipinski definition) is 0. The molecule has 6 aromatic rings. The van der Waals surface area contributed by atoms with Gasteiger partial charge in [0.25, 0.3) is 0 Å². The van der Waals surface area contributed by atoms with E-state index >= 15 is 0 Å². The molecule has 0 aliphatic rings. The Morgan fingerprint density at radius 1 is 0.225 bits per heavy atom. The van der Waals surface area contributed by atoms with Gasteiger partial charge in [0, 0.05) is 0 Å². The van der Waals surface area contributed by atoms with E-state index in [1.807, 2.05) is 0 Å². The summed E-state index contributed by atoms with van der Waals surface area (Å²) in [6.07, 6.45) is 0. The van der Waals surface area contributed by atoms with E-state index in [2.05, 4.69) is 182 Å². The second-order valence-electron chi connectivity index (χ2n) is 9.22. The SMILES string of the molecule is c1ccc([As](c2ccccc2)P([As](c2ccccc2)c2ccccc2)[As](c2ccccc2)c2ccccc2)cc1. The molecule has 0 fully saturated rings. The summed E-state index contributed by atoms with van der Waals surface area (Å²) in [5, 5.41) is 0. The summed E-state index contributed by atoms with van der Waals surface area (Å²) in [7, 11) is 0. The Bertz CT molecular complexity index is 1270. The molecule has 0 aliphatic carbocycles. The molecule has 0 bridgehead atoms. The fourth-order valence-corrected chi connectivity index (χ4v) is 87.5. The van der Waals surface area contributed by atoms with Gasteiger partial charge in [-0.05, 0) is 0 Å². The van der Waals surface area contributed by atoms with E-state index in [1.165, 1.54) is 0 Å². The second kappa shape index (κ2) is 13.9. The molecule has 0 atom stereocenters. The summed E-state index contributed by atoms with van der Waals surface area (Å²) in [6.45, 7) is 0. The third-order valence-electron chi connectivity index (χ3n) is 6.54. The molecular formula is C36H30As3P. The van der Waals surface area contributed by atoms with Crippen LogP contribution in [0, 0.1) is 0 Å². The van der Waals surface area contributed by atoms with E-state index in [0.717, 1.165) is 0 Å². The molecule has 0 aliphatic heterocycles. The fraction of sp³-hybridized carbons (Fsp3) is 0. The van der Waals surface area contributed by atoms with Crippen molar-refractivity contribution < 1.29 is 0 Å². The molecule has 0 nitrogen and oxygen atoms in total. The molecule has 0 saturated heterocycles. The molecular weight excluding hydrogens is 688 g/mol. The van der Waals surface area contributed by atoms with Gasteiger partial charge < -0.3 is 0 Å². The van der Waals surface area contributed by atoms with E-state index in [1.54, 1.807) is 26.1 Å². The molecule has 6 rings (SSSR count). The first-order valence-electron chi connectivity index (χ1n) is 13.4. The Balaban J connectivity index is 1.69. The van der Waals surface area contributed by atoms with Crippen LogP contribution in [0.3, 0.4) is 0 Å². The molecule has 0 aromatic heterocycles. The molecule has 0 saturated carbocycles. The Labute approximate surface area is 252 Å². The van der Waals surface area contributed by atoms with Crippen LogP contribution < -0.4 is 26.1 Å². The molecule has 6 aromatic carbocycles. The third kappa shape index (κ3) is 6.33. The summed E-state index contributed by atoms with van der Waals surface area (Å²) in [5.41, 5.74) is 0. The van der Waals surface area contributed by atoms with Crippen LogP contribution in [0.2, 0.25) is 0 Å². The minimum absolute atomic E-state index is 0.371. The van der Waals surface area contributed by atoms with Crippen molar-refractivity contribution in [1.82, 2.24) is 0 Å². The maximum absolute atomic E-state index is 2.44. The van der Waals surface area contributed by atoms with Crippen LogP contribution in [-0.2, 0) is 0 Å². The van der Waals surface area contributed by atoms with Gasteiger partial charge in [-0.2, -0.15) is 0 Å². The van der Waals surface area contributed by atoms with Gasteiger partial charge in [-0.15, -0.1) is 0 Å². The van der Waals surface area contributed by atoms with E-state index in [-0.39, 0.29) is 3.60 Å². The molecule has 40 heavy (non-hydrogen) atoms. The van der Waals surface area contributed by atoms with Crippen LogP contribution in [0.1, 0.15) is 0 Å². The predicted octanol–water partition coefficient (Wildman–Crippen LogP) is 4.89. The zero-order chi connectivity index (χ0) is 27.0. The van der Waals surface area contributed by atoms with Gasteiger partial charge in [-0.3, -0.25) is 0 Å². The molecule has 0 heterocycles. The first-order valence-corrected chi connectivity index (χ1v) is 27.8. The number of hydrogen-bond acceptors (Lipinski definition) is 0. The summed E-state index contributed by atoms with van der Waals surface area (Å²) < 4.78 is 9.16.